The lowest BCUT2D eigenvalue weighted by molar-refractivity contribution is 0.0606. The summed E-state index contributed by atoms with van der Waals surface area (Å²) in [6, 6.07) is 22.3. The van der Waals surface area contributed by atoms with Crippen LogP contribution in [0.15, 0.2) is 72.8 Å². The van der Waals surface area contributed by atoms with E-state index in [2.05, 4.69) is 82.9 Å². The molecular weight excluding hydrogens is 889 g/mol. The number of carbonyl (C=O) groups excluding carboxylic acids is 4. The van der Waals surface area contributed by atoms with Crippen LogP contribution in [0.2, 0.25) is 0 Å². The first-order valence-corrected chi connectivity index (χ1v) is 28.0. The molecule has 0 spiro atoms. The number of hydrogen-bond donors (Lipinski definition) is 0. The largest absolute Gasteiger partial charge is 0.310 e. The van der Waals surface area contributed by atoms with Crippen molar-refractivity contribution in [1.82, 2.24) is 29.4 Å². The Kier molecular flexibility index (Phi) is 31.6. The normalized spacial score (nSPS) is 12.6. The Morgan fingerprint density at radius 2 is 0.708 bits per heavy atom. The average molecular weight is 970 g/mol. The van der Waals surface area contributed by atoms with Crippen LogP contribution in [-0.2, 0) is 0 Å². The van der Waals surface area contributed by atoms with Crippen LogP contribution in [0.5, 0.6) is 0 Å². The van der Waals surface area contributed by atoms with Crippen molar-refractivity contribution < 1.29 is 19.2 Å². The molecule has 4 aromatic rings. The number of nitrogens with zero attached hydrogens (tertiary/aromatic N) is 6. The number of carbonyl (C=O) groups is 4. The zero-order valence-corrected chi connectivity index (χ0v) is 45.3. The van der Waals surface area contributed by atoms with Crippen molar-refractivity contribution in [2.24, 2.45) is 0 Å². The number of amides is 4. The molecular formula is C51H80N6O4S4. The molecule has 0 N–H and O–H groups in total. The quantitative estimate of drug-likeness (QED) is 0.0509. The number of benzene rings is 4. The molecule has 2 heterocycles. The summed E-state index contributed by atoms with van der Waals surface area (Å²) in [5.41, 5.74) is 2.50. The van der Waals surface area contributed by atoms with Crippen molar-refractivity contribution in [1.29, 1.82) is 0 Å². The third-order valence-corrected chi connectivity index (χ3v) is 14.9. The van der Waals surface area contributed by atoms with E-state index in [0.717, 1.165) is 57.5 Å². The van der Waals surface area contributed by atoms with Crippen molar-refractivity contribution in [3.63, 3.8) is 0 Å². The number of rotatable bonds is 19. The van der Waals surface area contributed by atoms with Gasteiger partial charge in [0.1, 0.15) is 0 Å². The van der Waals surface area contributed by atoms with Crippen LogP contribution >= 0.6 is 43.2 Å². The van der Waals surface area contributed by atoms with Gasteiger partial charge in [-0.3, -0.25) is 29.0 Å². The molecule has 2 aliphatic rings. The molecule has 0 fully saturated rings. The maximum atomic E-state index is 12.8. The molecule has 14 heteroatoms. The maximum Gasteiger partial charge on any atom is 0.261 e. The van der Waals surface area contributed by atoms with Gasteiger partial charge in [0.25, 0.3) is 23.6 Å². The first-order chi connectivity index (χ1) is 31.2. The Hall–Kier alpha value is -3.08. The zero-order chi connectivity index (χ0) is 48.9. The highest BCUT2D eigenvalue weighted by Crippen LogP contribution is 2.31. The summed E-state index contributed by atoms with van der Waals surface area (Å²) in [5.74, 6) is 3.85. The maximum absolute atomic E-state index is 12.8. The van der Waals surface area contributed by atoms with Gasteiger partial charge in [0.2, 0.25) is 0 Å². The average Bonchev–Trinajstić information content (AvgIpc) is 3.30. The fourth-order valence-corrected chi connectivity index (χ4v) is 10.6. The predicted octanol–water partition coefficient (Wildman–Crippen LogP) is 11.1. The summed E-state index contributed by atoms with van der Waals surface area (Å²) in [6.07, 6.45) is 4.60. The molecule has 0 bridgehead atoms. The van der Waals surface area contributed by atoms with Gasteiger partial charge in [-0.05, 0) is 143 Å². The summed E-state index contributed by atoms with van der Waals surface area (Å²) in [4.78, 5) is 60.8. The summed E-state index contributed by atoms with van der Waals surface area (Å²) in [5, 5.41) is 3.46. The lowest BCUT2D eigenvalue weighted by atomic mass is 9.94. The second-order valence-electron chi connectivity index (χ2n) is 15.9. The third kappa shape index (κ3) is 20.8. The highest BCUT2D eigenvalue weighted by molar-refractivity contribution is 8.77. The first kappa shape index (κ1) is 59.9. The van der Waals surface area contributed by atoms with E-state index in [1.807, 2.05) is 132 Å². The SMILES string of the molecule is CC.CC.CCN(C)C.CN(C)CCCSSCCCN(C)C.CN(C)CCCSSCCCN1C(=O)c2cccc3cccc(c23)C1=O.CN1C(=O)c2cccc3cccc(c23)C1=O. The topological polar surface area (TPSA) is 87.7 Å². The van der Waals surface area contributed by atoms with E-state index < -0.39 is 0 Å². The van der Waals surface area contributed by atoms with E-state index in [1.54, 1.807) is 12.1 Å². The monoisotopic (exact) mass is 969 g/mol. The van der Waals surface area contributed by atoms with Crippen LogP contribution in [-0.4, -0.2) is 172 Å². The van der Waals surface area contributed by atoms with Crippen LogP contribution in [0.1, 0.15) is 102 Å². The smallest absolute Gasteiger partial charge is 0.261 e. The minimum Gasteiger partial charge on any atom is -0.310 e. The van der Waals surface area contributed by atoms with E-state index in [9.17, 15) is 19.2 Å². The second kappa shape index (κ2) is 34.2. The zero-order valence-electron chi connectivity index (χ0n) is 42.1. The van der Waals surface area contributed by atoms with E-state index >= 15 is 0 Å². The van der Waals surface area contributed by atoms with Crippen molar-refractivity contribution in [2.75, 3.05) is 119 Å². The molecule has 0 saturated carbocycles. The van der Waals surface area contributed by atoms with Gasteiger partial charge in [0, 0.05) is 69.6 Å². The molecule has 4 amide bonds. The van der Waals surface area contributed by atoms with E-state index in [0.29, 0.717) is 28.8 Å². The van der Waals surface area contributed by atoms with Crippen LogP contribution in [0.4, 0.5) is 0 Å². The number of imide groups is 2. The predicted molar refractivity (Wildman–Crippen MR) is 291 cm³/mol. The number of hydrogen-bond acceptors (Lipinski definition) is 12. The van der Waals surface area contributed by atoms with Gasteiger partial charge in [0.05, 0.1) is 0 Å². The van der Waals surface area contributed by atoms with Crippen molar-refractivity contribution in [3.05, 3.63) is 95.1 Å². The fraction of sp³-hybridized carbons (Fsp3) is 0.529. The minimum atomic E-state index is -0.228. The molecule has 0 aromatic heterocycles. The molecule has 65 heavy (non-hydrogen) atoms. The molecule has 362 valence electrons. The Morgan fingerprint density at radius 3 is 0.985 bits per heavy atom. The summed E-state index contributed by atoms with van der Waals surface area (Å²) in [6.45, 7) is 15.3. The van der Waals surface area contributed by atoms with Gasteiger partial charge in [-0.2, -0.15) is 0 Å². The minimum absolute atomic E-state index is 0.164. The molecule has 2 aliphatic heterocycles. The van der Waals surface area contributed by atoms with Crippen molar-refractivity contribution >= 4 is 88.3 Å². The van der Waals surface area contributed by atoms with E-state index in [4.69, 9.17) is 0 Å². The lowest BCUT2D eigenvalue weighted by Gasteiger charge is -2.27. The standard InChI is InChI=1S/C20H24N2O2S2.C13H9NO2.C10H24N2S2.C4H11N.2C2H6/c1-21(2)11-5-13-25-26-14-6-12-22-19(23)16-9-3-7-15-8-4-10-17(18(15)16)20(22)24;1-14-12(15)9-6-2-4-8-5-3-7-10(11(8)9)13(14)16;1-11(2)7-5-9-13-14-10-6-8-12(3)4;1-4-5(2)3;2*1-2/h3-4,7-10H,5-6,11-14H2,1-2H3;2-7H,1H3;5-10H2,1-4H3;4H2,1-3H3;2*1-2H3. The van der Waals surface area contributed by atoms with Crippen LogP contribution in [0.25, 0.3) is 21.5 Å². The molecule has 0 saturated heterocycles. The first-order valence-electron chi connectivity index (χ1n) is 23.0. The molecule has 0 radical (unpaired) electrons. The molecule has 4 aromatic carbocycles. The van der Waals surface area contributed by atoms with E-state index in [-0.39, 0.29) is 23.6 Å². The van der Waals surface area contributed by atoms with Gasteiger partial charge in [0.15, 0.2) is 0 Å². The van der Waals surface area contributed by atoms with Gasteiger partial charge in [-0.1, -0.05) is 126 Å². The van der Waals surface area contributed by atoms with Gasteiger partial charge in [-0.25, -0.2) is 0 Å². The third-order valence-electron chi connectivity index (χ3n) is 9.74. The summed E-state index contributed by atoms with van der Waals surface area (Å²) >= 11 is 0. The summed E-state index contributed by atoms with van der Waals surface area (Å²) in [7, 11) is 26.1. The van der Waals surface area contributed by atoms with Crippen molar-refractivity contribution in [2.45, 2.75) is 60.3 Å². The van der Waals surface area contributed by atoms with Crippen LogP contribution in [0, 0.1) is 0 Å². The highest BCUT2D eigenvalue weighted by Gasteiger charge is 2.32. The fourth-order valence-electron chi connectivity index (χ4n) is 6.27. The highest BCUT2D eigenvalue weighted by atomic mass is 33.1. The van der Waals surface area contributed by atoms with E-state index in [1.165, 1.54) is 55.8 Å². The van der Waals surface area contributed by atoms with Gasteiger partial charge < -0.3 is 19.6 Å². The van der Waals surface area contributed by atoms with Gasteiger partial charge >= 0.3 is 0 Å². The van der Waals surface area contributed by atoms with Crippen LogP contribution < -0.4 is 0 Å². The Labute approximate surface area is 409 Å². The van der Waals surface area contributed by atoms with Crippen molar-refractivity contribution in [3.8, 4) is 0 Å². The lowest BCUT2D eigenvalue weighted by Crippen LogP contribution is -2.41. The van der Waals surface area contributed by atoms with Crippen LogP contribution in [0.3, 0.4) is 0 Å². The second-order valence-corrected chi connectivity index (χ2v) is 21.3. The van der Waals surface area contributed by atoms with Gasteiger partial charge in [-0.15, -0.1) is 0 Å². The summed E-state index contributed by atoms with van der Waals surface area (Å²) < 4.78 is 0. The molecule has 10 nitrogen and oxygen atoms in total. The Balaban J connectivity index is 0.000000468. The molecule has 0 unspecified atom stereocenters. The Bertz CT molecular complexity index is 1900. The molecule has 0 atom stereocenters. The molecule has 6 rings (SSSR count). The molecule has 0 aliphatic carbocycles. The Morgan fingerprint density at radius 1 is 0.431 bits per heavy atom.